The van der Waals surface area contributed by atoms with E-state index in [1.807, 2.05) is 36.4 Å². The van der Waals surface area contributed by atoms with Gasteiger partial charge >= 0.3 is 0 Å². The van der Waals surface area contributed by atoms with Gasteiger partial charge in [-0.15, -0.1) is 0 Å². The largest absolute Gasteiger partial charge is 0.508 e. The fourth-order valence-electron chi connectivity index (χ4n) is 2.61. The predicted octanol–water partition coefficient (Wildman–Crippen LogP) is 4.56. The minimum absolute atomic E-state index is 0.0499. The summed E-state index contributed by atoms with van der Waals surface area (Å²) in [6.45, 7) is 0. The van der Waals surface area contributed by atoms with Crippen LogP contribution in [0.1, 0.15) is 11.1 Å². The number of hydrogen-bond donors (Lipinski definition) is 1. The predicted molar refractivity (Wildman–Crippen MR) is 101 cm³/mol. The van der Waals surface area contributed by atoms with Gasteiger partial charge in [-0.3, -0.25) is 0 Å². The molecule has 0 aliphatic rings. The molecule has 3 aromatic carbocycles. The van der Waals surface area contributed by atoms with Crippen LogP contribution in [0.25, 0.3) is 11.1 Å². The molecule has 0 aliphatic heterocycles. The van der Waals surface area contributed by atoms with E-state index in [9.17, 15) is 13.5 Å². The maximum Gasteiger partial charge on any atom is 0.182 e. The molecule has 0 heterocycles. The quantitative estimate of drug-likeness (QED) is 0.716. The molecule has 0 fully saturated rings. The van der Waals surface area contributed by atoms with Crippen LogP contribution >= 0.6 is 11.6 Å². The molecule has 0 unspecified atom stereocenters. The van der Waals surface area contributed by atoms with Crippen LogP contribution in [-0.4, -0.2) is 13.5 Å². The number of nitrogens with zero attached hydrogens (tertiary/aromatic N) is 1. The van der Waals surface area contributed by atoms with Gasteiger partial charge in [-0.2, -0.15) is 5.26 Å². The number of aromatic hydroxyl groups is 1. The minimum atomic E-state index is -3.79. The van der Waals surface area contributed by atoms with Gasteiger partial charge in [-0.25, -0.2) is 8.42 Å². The van der Waals surface area contributed by atoms with Crippen molar-refractivity contribution in [1.82, 2.24) is 0 Å². The first-order valence-electron chi connectivity index (χ1n) is 7.70. The van der Waals surface area contributed by atoms with Gasteiger partial charge in [0.05, 0.1) is 22.3 Å². The fourth-order valence-corrected chi connectivity index (χ4v) is 4.33. The molecular weight excluding hydrogens is 370 g/mol. The number of sulfone groups is 1. The molecular formula is C20H14ClNO3S. The Bertz CT molecular complexity index is 1100. The van der Waals surface area contributed by atoms with Crippen molar-refractivity contribution < 1.29 is 13.5 Å². The molecule has 0 aromatic heterocycles. The van der Waals surface area contributed by atoms with Crippen LogP contribution in [0, 0.1) is 11.3 Å². The maximum atomic E-state index is 12.7. The number of phenolic OH excluding ortho intramolecular Hbond substituents is 1. The molecule has 4 nitrogen and oxygen atoms in total. The summed E-state index contributed by atoms with van der Waals surface area (Å²) in [5.74, 6) is -0.499. The monoisotopic (exact) mass is 383 g/mol. The van der Waals surface area contributed by atoms with Crippen LogP contribution in [0.2, 0.25) is 5.02 Å². The van der Waals surface area contributed by atoms with E-state index in [-0.39, 0.29) is 26.8 Å². The second-order valence-corrected chi connectivity index (χ2v) is 8.18. The highest BCUT2D eigenvalue weighted by Crippen LogP contribution is 2.29. The first-order valence-corrected chi connectivity index (χ1v) is 9.73. The van der Waals surface area contributed by atoms with Crippen molar-refractivity contribution in [2.45, 2.75) is 10.6 Å². The molecule has 3 aromatic rings. The average molecular weight is 384 g/mol. The first-order chi connectivity index (χ1) is 12.4. The van der Waals surface area contributed by atoms with Gasteiger partial charge in [0, 0.05) is 10.6 Å². The summed E-state index contributed by atoms with van der Waals surface area (Å²) in [4.78, 5) is -0.0499. The Morgan fingerprint density at radius 1 is 0.962 bits per heavy atom. The lowest BCUT2D eigenvalue weighted by atomic mass is 10.0. The highest BCUT2D eigenvalue weighted by Gasteiger charge is 2.19. The number of nitriles is 1. The van der Waals surface area contributed by atoms with Gasteiger partial charge in [0.2, 0.25) is 0 Å². The second-order valence-electron chi connectivity index (χ2n) is 5.76. The summed E-state index contributed by atoms with van der Waals surface area (Å²) in [7, 11) is -3.79. The van der Waals surface area contributed by atoms with Crippen molar-refractivity contribution in [3.8, 4) is 22.9 Å². The number of phenols is 1. The number of hydrogen-bond acceptors (Lipinski definition) is 4. The Labute approximate surface area is 156 Å². The van der Waals surface area contributed by atoms with Crippen LogP contribution in [0.3, 0.4) is 0 Å². The standard InChI is InChI=1S/C20H14ClNO3S/c21-18-8-14(12-22)9-19(11-18)26(24,25)13-17-10-16(6-7-20(17)23)15-4-2-1-3-5-15/h1-11,23H,13H2. The molecule has 3 rings (SSSR count). The average Bonchev–Trinajstić information content (AvgIpc) is 2.63. The molecule has 0 radical (unpaired) electrons. The minimum Gasteiger partial charge on any atom is -0.508 e. The van der Waals surface area contributed by atoms with Crippen LogP contribution in [-0.2, 0) is 15.6 Å². The summed E-state index contributed by atoms with van der Waals surface area (Å²) in [5, 5.41) is 19.3. The van der Waals surface area contributed by atoms with Crippen LogP contribution in [0.5, 0.6) is 5.75 Å². The lowest BCUT2D eigenvalue weighted by Crippen LogP contribution is -2.06. The molecule has 0 saturated heterocycles. The van der Waals surface area contributed by atoms with Crippen molar-refractivity contribution in [2.24, 2.45) is 0 Å². The molecule has 6 heteroatoms. The van der Waals surface area contributed by atoms with E-state index in [2.05, 4.69) is 0 Å². The van der Waals surface area contributed by atoms with E-state index in [1.165, 1.54) is 24.3 Å². The zero-order chi connectivity index (χ0) is 18.7. The summed E-state index contributed by atoms with van der Waals surface area (Å²) in [6, 6.07) is 20.2. The summed E-state index contributed by atoms with van der Waals surface area (Å²) in [6.07, 6.45) is 0. The van der Waals surface area contributed by atoms with Crippen LogP contribution < -0.4 is 0 Å². The lowest BCUT2D eigenvalue weighted by Gasteiger charge is -2.10. The van der Waals surface area contributed by atoms with E-state index in [0.717, 1.165) is 11.1 Å². The van der Waals surface area contributed by atoms with Crippen molar-refractivity contribution in [3.63, 3.8) is 0 Å². The Morgan fingerprint density at radius 3 is 2.38 bits per heavy atom. The van der Waals surface area contributed by atoms with E-state index < -0.39 is 15.6 Å². The maximum absolute atomic E-state index is 12.7. The highest BCUT2D eigenvalue weighted by molar-refractivity contribution is 7.90. The summed E-state index contributed by atoms with van der Waals surface area (Å²) in [5.41, 5.74) is 2.17. The van der Waals surface area contributed by atoms with Gasteiger partial charge in [-0.1, -0.05) is 48.0 Å². The lowest BCUT2D eigenvalue weighted by molar-refractivity contribution is 0.470. The first kappa shape index (κ1) is 18.0. The number of halogens is 1. The third-order valence-electron chi connectivity index (χ3n) is 3.89. The van der Waals surface area contributed by atoms with Gasteiger partial charge in [0.25, 0.3) is 0 Å². The van der Waals surface area contributed by atoms with Crippen molar-refractivity contribution in [2.75, 3.05) is 0 Å². The Kier molecular flexibility index (Phi) is 4.99. The molecule has 0 bridgehead atoms. The molecule has 1 N–H and O–H groups in total. The molecule has 26 heavy (non-hydrogen) atoms. The molecule has 0 amide bonds. The third-order valence-corrected chi connectivity index (χ3v) is 5.75. The third kappa shape index (κ3) is 3.88. The van der Waals surface area contributed by atoms with E-state index in [4.69, 9.17) is 16.9 Å². The van der Waals surface area contributed by atoms with Gasteiger partial charge in [0.1, 0.15) is 5.75 Å². The zero-order valence-electron chi connectivity index (χ0n) is 13.6. The molecule has 0 spiro atoms. The van der Waals surface area contributed by atoms with E-state index in [1.54, 1.807) is 12.1 Å². The molecule has 130 valence electrons. The van der Waals surface area contributed by atoms with Crippen molar-refractivity contribution >= 4 is 21.4 Å². The fraction of sp³-hybridized carbons (Fsp3) is 0.0500. The summed E-state index contributed by atoms with van der Waals surface area (Å²) >= 11 is 5.91. The van der Waals surface area contributed by atoms with Gasteiger partial charge in [0.15, 0.2) is 9.84 Å². The van der Waals surface area contributed by atoms with Crippen molar-refractivity contribution in [1.29, 1.82) is 5.26 Å². The van der Waals surface area contributed by atoms with E-state index >= 15 is 0 Å². The normalized spacial score (nSPS) is 11.1. The second kappa shape index (κ2) is 7.20. The Morgan fingerprint density at radius 2 is 1.69 bits per heavy atom. The SMILES string of the molecule is N#Cc1cc(Cl)cc(S(=O)(=O)Cc2cc(-c3ccccc3)ccc2O)c1. The van der Waals surface area contributed by atoms with Crippen LogP contribution in [0.15, 0.2) is 71.6 Å². The van der Waals surface area contributed by atoms with Gasteiger partial charge in [-0.05, 0) is 41.5 Å². The van der Waals surface area contributed by atoms with Gasteiger partial charge < -0.3 is 5.11 Å². The molecule has 0 saturated carbocycles. The smallest absolute Gasteiger partial charge is 0.182 e. The topological polar surface area (TPSA) is 78.2 Å². The highest BCUT2D eigenvalue weighted by atomic mass is 35.5. The summed E-state index contributed by atoms with van der Waals surface area (Å²) < 4.78 is 25.5. The Balaban J connectivity index is 2.00. The van der Waals surface area contributed by atoms with E-state index in [0.29, 0.717) is 0 Å². The molecule has 0 atom stereocenters. The van der Waals surface area contributed by atoms with Crippen LogP contribution in [0.4, 0.5) is 0 Å². The number of rotatable bonds is 4. The zero-order valence-corrected chi connectivity index (χ0v) is 15.1. The Hall–Kier alpha value is -2.81. The molecule has 0 aliphatic carbocycles. The number of benzene rings is 3. The van der Waals surface area contributed by atoms with Crippen molar-refractivity contribution in [3.05, 3.63) is 82.9 Å².